The topological polar surface area (TPSA) is 70.5 Å². The highest BCUT2D eigenvalue weighted by atomic mass is 32.1. The number of pyridine rings is 1. The third-order valence-electron chi connectivity index (χ3n) is 4.65. The highest BCUT2D eigenvalue weighted by molar-refractivity contribution is 7.15. The molecule has 0 spiro atoms. The number of likely N-dealkylation sites (tertiary alicyclic amines) is 1. The van der Waals surface area contributed by atoms with Crippen LogP contribution in [0.15, 0.2) is 18.5 Å². The van der Waals surface area contributed by atoms with Crippen LogP contribution in [0.4, 0.5) is 5.13 Å². The average Bonchev–Trinajstić information content (AvgIpc) is 3.21. The van der Waals surface area contributed by atoms with Crippen molar-refractivity contribution in [3.63, 3.8) is 0 Å². The Balaban J connectivity index is 1.73. The Hall–Kier alpha value is -1.70. The Kier molecular flexibility index (Phi) is 5.33. The highest BCUT2D eigenvalue weighted by Gasteiger charge is 2.31. The second-order valence-corrected chi connectivity index (χ2v) is 7.29. The van der Waals surface area contributed by atoms with E-state index in [1.807, 2.05) is 25.5 Å². The summed E-state index contributed by atoms with van der Waals surface area (Å²) in [6.45, 7) is 4.15. The molecule has 2 N–H and O–H groups in total. The highest BCUT2D eigenvalue weighted by Crippen LogP contribution is 2.35. The Morgan fingerprint density at radius 3 is 2.92 bits per heavy atom. The van der Waals surface area contributed by atoms with Gasteiger partial charge in [0.05, 0.1) is 13.7 Å². The largest absolute Gasteiger partial charge is 0.481 e. The van der Waals surface area contributed by atoms with Crippen LogP contribution in [0.5, 0.6) is 5.88 Å². The summed E-state index contributed by atoms with van der Waals surface area (Å²) in [6, 6.07) is 2.33. The molecule has 7 heteroatoms. The van der Waals surface area contributed by atoms with Crippen LogP contribution in [-0.2, 0) is 13.2 Å². The second kappa shape index (κ2) is 7.46. The maximum Gasteiger partial charge on any atom is 0.213 e. The van der Waals surface area contributed by atoms with Crippen molar-refractivity contribution in [2.75, 3.05) is 26.0 Å². The molecule has 2 unspecified atom stereocenters. The molecule has 130 valence electrons. The number of methoxy groups -OCH3 is 1. The minimum Gasteiger partial charge on any atom is -0.481 e. The third kappa shape index (κ3) is 3.53. The monoisotopic (exact) mass is 348 g/mol. The first-order chi connectivity index (χ1) is 11.6. The molecule has 1 saturated heterocycles. The first-order valence-corrected chi connectivity index (χ1v) is 8.96. The van der Waals surface area contributed by atoms with Gasteiger partial charge in [-0.05, 0) is 30.4 Å². The summed E-state index contributed by atoms with van der Waals surface area (Å²) in [5, 5.41) is 13.7. The second-order valence-electron chi connectivity index (χ2n) is 6.18. The van der Waals surface area contributed by atoms with Crippen LogP contribution in [0, 0.1) is 0 Å². The van der Waals surface area contributed by atoms with E-state index < -0.39 is 0 Å². The molecule has 2 aromatic heterocycles. The summed E-state index contributed by atoms with van der Waals surface area (Å²) >= 11 is 1.70. The fourth-order valence-corrected chi connectivity index (χ4v) is 4.13. The summed E-state index contributed by atoms with van der Waals surface area (Å²) in [5.41, 5.74) is 2.05. The van der Waals surface area contributed by atoms with Gasteiger partial charge in [0.1, 0.15) is 0 Å². The van der Waals surface area contributed by atoms with E-state index in [2.05, 4.69) is 27.1 Å². The number of nitrogens with zero attached hydrogens (tertiary/aromatic N) is 3. The minimum atomic E-state index is 0.0134. The van der Waals surface area contributed by atoms with E-state index in [9.17, 15) is 5.11 Å². The molecule has 3 rings (SSSR count). The zero-order chi connectivity index (χ0) is 17.1. The molecule has 2 atom stereocenters. The van der Waals surface area contributed by atoms with Crippen LogP contribution in [0.2, 0.25) is 0 Å². The Bertz CT molecular complexity index is 691. The predicted octanol–water partition coefficient (Wildman–Crippen LogP) is 2.46. The van der Waals surface area contributed by atoms with E-state index in [-0.39, 0.29) is 6.61 Å². The average molecular weight is 348 g/mol. The van der Waals surface area contributed by atoms with E-state index in [4.69, 9.17) is 4.74 Å². The minimum absolute atomic E-state index is 0.0134. The summed E-state index contributed by atoms with van der Waals surface area (Å²) in [6.07, 6.45) is 4.88. The zero-order valence-electron chi connectivity index (χ0n) is 14.3. The number of thiazole rings is 1. The van der Waals surface area contributed by atoms with Gasteiger partial charge in [0, 0.05) is 49.5 Å². The molecule has 2 aromatic rings. The number of aromatic nitrogens is 2. The lowest BCUT2D eigenvalue weighted by molar-refractivity contribution is 0.260. The lowest BCUT2D eigenvalue weighted by Gasteiger charge is -2.20. The van der Waals surface area contributed by atoms with Crippen LogP contribution in [0.1, 0.15) is 35.3 Å². The smallest absolute Gasteiger partial charge is 0.213 e. The van der Waals surface area contributed by atoms with E-state index in [0.717, 1.165) is 35.8 Å². The molecule has 0 amide bonds. The van der Waals surface area contributed by atoms with Crippen LogP contribution in [0.3, 0.4) is 0 Å². The van der Waals surface area contributed by atoms with Gasteiger partial charge in [-0.3, -0.25) is 4.90 Å². The third-order valence-corrected chi connectivity index (χ3v) is 5.65. The van der Waals surface area contributed by atoms with Crippen LogP contribution >= 0.6 is 11.3 Å². The van der Waals surface area contributed by atoms with Gasteiger partial charge in [-0.1, -0.05) is 0 Å². The fourth-order valence-electron chi connectivity index (χ4n) is 3.34. The van der Waals surface area contributed by atoms with Crippen molar-refractivity contribution >= 4 is 16.5 Å². The van der Waals surface area contributed by atoms with Crippen molar-refractivity contribution < 1.29 is 9.84 Å². The number of nitrogens with one attached hydrogen (secondary N) is 1. The number of hydrogen-bond acceptors (Lipinski definition) is 7. The maximum atomic E-state index is 9.69. The standard InChI is InChI=1S/C17H24N4O2S/c1-11-4-12(15-7-19-16(23-3)5-13(15)10-22)8-21(11)9-14-6-20-17(18-2)24-14/h5-7,11-12,22H,4,8-10H2,1-3H3,(H,18,20). The molecular weight excluding hydrogens is 324 g/mol. The van der Waals surface area contributed by atoms with Gasteiger partial charge in [-0.15, -0.1) is 11.3 Å². The van der Waals surface area contributed by atoms with Crippen molar-refractivity contribution in [1.29, 1.82) is 0 Å². The van der Waals surface area contributed by atoms with Crippen molar-refractivity contribution in [3.05, 3.63) is 34.5 Å². The van der Waals surface area contributed by atoms with Gasteiger partial charge in [0.15, 0.2) is 5.13 Å². The molecular formula is C17H24N4O2S. The van der Waals surface area contributed by atoms with Crippen LogP contribution < -0.4 is 10.1 Å². The van der Waals surface area contributed by atoms with E-state index in [0.29, 0.717) is 17.8 Å². The summed E-state index contributed by atoms with van der Waals surface area (Å²) < 4.78 is 5.16. The van der Waals surface area contributed by atoms with Gasteiger partial charge >= 0.3 is 0 Å². The number of anilines is 1. The first-order valence-electron chi connectivity index (χ1n) is 8.14. The van der Waals surface area contributed by atoms with Crippen molar-refractivity contribution in [1.82, 2.24) is 14.9 Å². The summed E-state index contributed by atoms with van der Waals surface area (Å²) in [5.74, 6) is 0.937. The summed E-state index contributed by atoms with van der Waals surface area (Å²) in [4.78, 5) is 12.4. The van der Waals surface area contributed by atoms with Gasteiger partial charge < -0.3 is 15.2 Å². The number of aliphatic hydroxyl groups is 1. The van der Waals surface area contributed by atoms with Crippen molar-refractivity contribution in [2.45, 2.75) is 38.5 Å². The Labute approximate surface area is 146 Å². The predicted molar refractivity (Wildman–Crippen MR) is 95.6 cm³/mol. The molecule has 1 aliphatic rings. The van der Waals surface area contributed by atoms with Crippen molar-refractivity contribution in [3.8, 4) is 5.88 Å². The maximum absolute atomic E-state index is 9.69. The number of aliphatic hydroxyl groups excluding tert-OH is 1. The molecule has 0 aromatic carbocycles. The van der Waals surface area contributed by atoms with Gasteiger partial charge in [-0.25, -0.2) is 9.97 Å². The molecule has 0 aliphatic carbocycles. The fraction of sp³-hybridized carbons (Fsp3) is 0.529. The Morgan fingerprint density at radius 1 is 1.42 bits per heavy atom. The number of hydrogen-bond donors (Lipinski definition) is 2. The molecule has 3 heterocycles. The van der Waals surface area contributed by atoms with E-state index >= 15 is 0 Å². The molecule has 0 radical (unpaired) electrons. The van der Waals surface area contributed by atoms with E-state index in [1.165, 1.54) is 4.88 Å². The zero-order valence-corrected chi connectivity index (χ0v) is 15.1. The number of rotatable bonds is 6. The van der Waals surface area contributed by atoms with Gasteiger partial charge in [0.25, 0.3) is 0 Å². The lowest BCUT2D eigenvalue weighted by Crippen LogP contribution is -2.26. The number of ether oxygens (including phenoxy) is 1. The molecule has 0 saturated carbocycles. The first kappa shape index (κ1) is 17.1. The SMILES string of the molecule is CNc1ncc(CN2CC(c3cnc(OC)cc3CO)CC2C)s1. The Morgan fingerprint density at radius 2 is 2.25 bits per heavy atom. The molecule has 0 bridgehead atoms. The summed E-state index contributed by atoms with van der Waals surface area (Å²) in [7, 11) is 3.49. The molecule has 24 heavy (non-hydrogen) atoms. The normalized spacial score (nSPS) is 21.2. The molecule has 1 aliphatic heterocycles. The molecule has 1 fully saturated rings. The molecule has 6 nitrogen and oxygen atoms in total. The van der Waals surface area contributed by atoms with Gasteiger partial charge in [-0.2, -0.15) is 0 Å². The van der Waals surface area contributed by atoms with Gasteiger partial charge in [0.2, 0.25) is 5.88 Å². The quantitative estimate of drug-likeness (QED) is 0.836. The van der Waals surface area contributed by atoms with Crippen LogP contribution in [0.25, 0.3) is 0 Å². The lowest BCUT2D eigenvalue weighted by atomic mass is 9.94. The van der Waals surface area contributed by atoms with E-state index in [1.54, 1.807) is 18.4 Å². The van der Waals surface area contributed by atoms with Crippen LogP contribution in [-0.4, -0.2) is 46.7 Å². The van der Waals surface area contributed by atoms with Crippen molar-refractivity contribution in [2.24, 2.45) is 0 Å².